The Morgan fingerprint density at radius 2 is 2.04 bits per heavy atom. The van der Waals surface area contributed by atoms with Gasteiger partial charge >= 0.3 is 5.95 Å². The summed E-state index contributed by atoms with van der Waals surface area (Å²) < 4.78 is 18.0. The molecule has 126 valence electrons. The number of nitrogen functional groups attached to an aromatic ring is 1. The van der Waals surface area contributed by atoms with E-state index in [1.54, 1.807) is 0 Å². The molecule has 0 aliphatic carbocycles. The number of likely N-dealkylation sites (N-methyl/N-ethyl adjacent to an activating group) is 2. The van der Waals surface area contributed by atoms with Gasteiger partial charge in [-0.3, -0.25) is 4.90 Å². The van der Waals surface area contributed by atoms with Crippen LogP contribution in [0.1, 0.15) is 11.9 Å². The molecule has 0 saturated carbocycles. The number of para-hydroxylation sites is 1. The lowest BCUT2D eigenvalue weighted by Crippen LogP contribution is -2.57. The number of nitrogens with two attached hydrogens (primary N) is 1. The molecule has 1 unspecified atom stereocenters. The van der Waals surface area contributed by atoms with Crippen molar-refractivity contribution in [1.82, 2.24) is 4.90 Å². The van der Waals surface area contributed by atoms with Gasteiger partial charge in [0.05, 0.1) is 25.7 Å². The third-order valence-electron chi connectivity index (χ3n) is 4.68. The minimum absolute atomic E-state index is 0.430. The van der Waals surface area contributed by atoms with E-state index in [4.69, 9.17) is 19.9 Å². The van der Waals surface area contributed by atoms with Gasteiger partial charge in [-0.05, 0) is 19.2 Å². The third kappa shape index (κ3) is 3.89. The summed E-state index contributed by atoms with van der Waals surface area (Å²) in [4.78, 5) is 2.37. The first-order valence-electron chi connectivity index (χ1n) is 8.07. The number of benzene rings is 1. The highest BCUT2D eigenvalue weighted by Crippen LogP contribution is 2.31. The summed E-state index contributed by atoms with van der Waals surface area (Å²) in [6, 6.07) is 7.53. The summed E-state index contributed by atoms with van der Waals surface area (Å²) in [6.45, 7) is 6.15. The van der Waals surface area contributed by atoms with Gasteiger partial charge in [-0.2, -0.15) is 0 Å². The molecule has 23 heavy (non-hydrogen) atoms. The van der Waals surface area contributed by atoms with E-state index in [0.29, 0.717) is 18.2 Å². The van der Waals surface area contributed by atoms with Gasteiger partial charge in [0, 0.05) is 18.8 Å². The minimum Gasteiger partial charge on any atom is -0.457 e. The third-order valence-corrected chi connectivity index (χ3v) is 4.68. The standard InChI is InChI=1S/C17H26N3O3/c1-19-7-9-20(2,10-8-19)11-12-21-16-13-22-17(23-16)14-5-3-4-6-15(14)18/h3-6,13,17H,7-12,18H2,1-2H3/q+1. The molecule has 1 fully saturated rings. The van der Waals surface area contributed by atoms with E-state index in [2.05, 4.69) is 19.0 Å². The van der Waals surface area contributed by atoms with E-state index in [1.165, 1.54) is 6.26 Å². The van der Waals surface area contributed by atoms with Gasteiger partial charge in [-0.25, -0.2) is 0 Å². The van der Waals surface area contributed by atoms with Gasteiger partial charge in [0.15, 0.2) is 6.26 Å². The van der Waals surface area contributed by atoms with Crippen LogP contribution in [0.25, 0.3) is 0 Å². The maximum atomic E-state index is 5.94. The fourth-order valence-electron chi connectivity index (χ4n) is 2.85. The predicted octanol–water partition coefficient (Wildman–Crippen LogP) is 1.52. The second-order valence-corrected chi connectivity index (χ2v) is 6.59. The smallest absolute Gasteiger partial charge is 0.319 e. The average Bonchev–Trinajstić information content (AvgIpc) is 3.00. The molecule has 0 spiro atoms. The molecule has 2 heterocycles. The van der Waals surface area contributed by atoms with Gasteiger partial charge in [-0.15, -0.1) is 0 Å². The molecule has 0 radical (unpaired) electrons. The predicted molar refractivity (Wildman–Crippen MR) is 88.1 cm³/mol. The van der Waals surface area contributed by atoms with E-state index in [1.807, 2.05) is 24.3 Å². The Balaban J connectivity index is 1.45. The largest absolute Gasteiger partial charge is 0.457 e. The average molecular weight is 320 g/mol. The van der Waals surface area contributed by atoms with Crippen LogP contribution in [-0.2, 0) is 14.2 Å². The first-order chi connectivity index (χ1) is 11.1. The number of rotatable bonds is 5. The maximum absolute atomic E-state index is 5.94. The number of hydrogen-bond donors (Lipinski definition) is 1. The van der Waals surface area contributed by atoms with Gasteiger partial charge < -0.3 is 24.4 Å². The van der Waals surface area contributed by atoms with Crippen molar-refractivity contribution in [3.05, 3.63) is 42.0 Å². The molecule has 1 saturated heterocycles. The van der Waals surface area contributed by atoms with E-state index in [0.717, 1.165) is 42.8 Å². The van der Waals surface area contributed by atoms with Crippen LogP contribution in [0.2, 0.25) is 0 Å². The van der Waals surface area contributed by atoms with Crippen molar-refractivity contribution in [3.8, 4) is 0 Å². The van der Waals surface area contributed by atoms with Crippen molar-refractivity contribution >= 4 is 5.69 Å². The minimum atomic E-state index is -0.514. The Labute approximate surface area is 137 Å². The summed E-state index contributed by atoms with van der Waals surface area (Å²) in [6.07, 6.45) is 1.01. The molecular formula is C17H26N3O3+. The van der Waals surface area contributed by atoms with Crippen LogP contribution in [0.5, 0.6) is 0 Å². The molecule has 1 atom stereocenters. The van der Waals surface area contributed by atoms with Gasteiger partial charge in [0.1, 0.15) is 13.2 Å². The SMILES string of the molecule is CN1CC[N+](C)(CCOC2=COC(c3ccccc3N)O2)CC1. The molecular weight excluding hydrogens is 294 g/mol. The summed E-state index contributed by atoms with van der Waals surface area (Å²) in [5, 5.41) is 0. The lowest BCUT2D eigenvalue weighted by atomic mass is 10.2. The molecule has 6 heteroatoms. The number of ether oxygens (including phenoxy) is 3. The Kier molecular flexibility index (Phi) is 4.63. The van der Waals surface area contributed by atoms with Crippen molar-refractivity contribution < 1.29 is 18.7 Å². The number of quaternary nitrogens is 1. The molecule has 0 amide bonds. The fraction of sp³-hybridized carbons (Fsp3) is 0.529. The van der Waals surface area contributed by atoms with Crippen molar-refractivity contribution in [3.63, 3.8) is 0 Å². The molecule has 0 aromatic heterocycles. The first-order valence-corrected chi connectivity index (χ1v) is 8.07. The Bertz CT molecular complexity index is 568. The van der Waals surface area contributed by atoms with E-state index in [9.17, 15) is 0 Å². The van der Waals surface area contributed by atoms with Crippen molar-refractivity contribution in [2.45, 2.75) is 6.29 Å². The topological polar surface area (TPSA) is 57.0 Å². The zero-order valence-corrected chi connectivity index (χ0v) is 13.9. The second-order valence-electron chi connectivity index (χ2n) is 6.59. The van der Waals surface area contributed by atoms with Crippen LogP contribution in [0.4, 0.5) is 5.69 Å². The fourth-order valence-corrected chi connectivity index (χ4v) is 2.85. The first kappa shape index (κ1) is 16.0. The van der Waals surface area contributed by atoms with Gasteiger partial charge in [0.2, 0.25) is 0 Å². The lowest BCUT2D eigenvalue weighted by Gasteiger charge is -2.40. The van der Waals surface area contributed by atoms with E-state index in [-0.39, 0.29) is 0 Å². The zero-order chi connectivity index (χ0) is 16.3. The number of hydrogen-bond acceptors (Lipinski definition) is 5. The molecule has 6 nitrogen and oxygen atoms in total. The molecule has 1 aromatic carbocycles. The van der Waals surface area contributed by atoms with Crippen LogP contribution < -0.4 is 5.73 Å². The van der Waals surface area contributed by atoms with Crippen LogP contribution >= 0.6 is 0 Å². The quantitative estimate of drug-likeness (QED) is 0.658. The van der Waals surface area contributed by atoms with Crippen molar-refractivity contribution in [2.75, 3.05) is 59.2 Å². The van der Waals surface area contributed by atoms with Gasteiger partial charge in [-0.1, -0.05) is 12.1 Å². The van der Waals surface area contributed by atoms with Crippen LogP contribution in [0.3, 0.4) is 0 Å². The summed E-state index contributed by atoms with van der Waals surface area (Å²) in [5.41, 5.74) is 7.42. The Hall–Kier alpha value is -1.92. The van der Waals surface area contributed by atoms with Crippen LogP contribution in [0.15, 0.2) is 36.5 Å². The van der Waals surface area contributed by atoms with Crippen molar-refractivity contribution in [1.29, 1.82) is 0 Å². The Morgan fingerprint density at radius 1 is 1.30 bits per heavy atom. The highest BCUT2D eigenvalue weighted by atomic mass is 16.8. The Morgan fingerprint density at radius 3 is 2.78 bits per heavy atom. The van der Waals surface area contributed by atoms with Crippen LogP contribution in [-0.4, -0.2) is 62.8 Å². The highest BCUT2D eigenvalue weighted by molar-refractivity contribution is 5.47. The monoisotopic (exact) mass is 320 g/mol. The lowest BCUT2D eigenvalue weighted by molar-refractivity contribution is -0.913. The second kappa shape index (κ2) is 6.68. The van der Waals surface area contributed by atoms with Crippen LogP contribution in [0, 0.1) is 0 Å². The normalized spacial score (nSPS) is 23.7. The molecule has 3 rings (SSSR count). The molecule has 2 aliphatic heterocycles. The van der Waals surface area contributed by atoms with Gasteiger partial charge in [0.25, 0.3) is 6.29 Å². The van der Waals surface area contributed by atoms with E-state index < -0.39 is 6.29 Å². The highest BCUT2D eigenvalue weighted by Gasteiger charge is 2.28. The number of nitrogens with zero attached hydrogens (tertiary/aromatic N) is 2. The summed E-state index contributed by atoms with van der Waals surface area (Å²) in [7, 11) is 4.45. The molecule has 2 N–H and O–H groups in total. The molecule has 1 aromatic rings. The summed E-state index contributed by atoms with van der Waals surface area (Å²) in [5.74, 6) is 0.430. The van der Waals surface area contributed by atoms with E-state index >= 15 is 0 Å². The summed E-state index contributed by atoms with van der Waals surface area (Å²) >= 11 is 0. The maximum Gasteiger partial charge on any atom is 0.319 e. The molecule has 0 bridgehead atoms. The van der Waals surface area contributed by atoms with Crippen molar-refractivity contribution in [2.24, 2.45) is 0 Å². The zero-order valence-electron chi connectivity index (χ0n) is 13.9. The number of piperazine rings is 1. The molecule has 2 aliphatic rings. The number of anilines is 1.